The molecule has 4 aromatic rings. The lowest BCUT2D eigenvalue weighted by Crippen LogP contribution is -1.81. The van der Waals surface area contributed by atoms with Crippen molar-refractivity contribution in [3.63, 3.8) is 0 Å². The smallest absolute Gasteiger partial charge is 0.147 e. The molecule has 0 saturated carbocycles. The zero-order chi connectivity index (χ0) is 12.1. The first kappa shape index (κ1) is 9.92. The van der Waals surface area contributed by atoms with Gasteiger partial charge < -0.3 is 4.42 Å². The summed E-state index contributed by atoms with van der Waals surface area (Å²) in [6.45, 7) is 0. The maximum atomic E-state index is 6.29. The Morgan fingerprint density at radius 1 is 0.889 bits per heavy atom. The van der Waals surface area contributed by atoms with Crippen LogP contribution in [0.4, 0.5) is 0 Å². The van der Waals surface area contributed by atoms with Crippen LogP contribution in [-0.4, -0.2) is 4.98 Å². The van der Waals surface area contributed by atoms with Crippen LogP contribution in [0.1, 0.15) is 0 Å². The summed E-state index contributed by atoms with van der Waals surface area (Å²) in [6.07, 6.45) is 0. The zero-order valence-corrected chi connectivity index (χ0v) is 10.1. The number of rotatable bonds is 0. The van der Waals surface area contributed by atoms with E-state index in [1.165, 1.54) is 0 Å². The molecular formula is C15H8ClNO. The van der Waals surface area contributed by atoms with Crippen molar-refractivity contribution in [2.45, 2.75) is 0 Å². The molecular weight excluding hydrogens is 246 g/mol. The molecule has 0 aliphatic carbocycles. The lowest BCUT2D eigenvalue weighted by Gasteiger charge is -1.99. The highest BCUT2D eigenvalue weighted by Gasteiger charge is 2.14. The normalized spacial score (nSPS) is 11.6. The molecule has 0 bridgehead atoms. The van der Waals surface area contributed by atoms with Crippen molar-refractivity contribution in [1.82, 2.24) is 4.98 Å². The van der Waals surface area contributed by atoms with E-state index in [0.29, 0.717) is 5.15 Å². The third-order valence-corrected chi connectivity index (χ3v) is 3.44. The predicted molar refractivity (Wildman–Crippen MR) is 74.0 cm³/mol. The van der Waals surface area contributed by atoms with Gasteiger partial charge in [0.1, 0.15) is 16.3 Å². The Kier molecular flexibility index (Phi) is 1.91. The molecule has 2 heterocycles. The van der Waals surface area contributed by atoms with Gasteiger partial charge in [-0.3, -0.25) is 0 Å². The molecule has 4 rings (SSSR count). The van der Waals surface area contributed by atoms with Crippen LogP contribution in [0.15, 0.2) is 52.9 Å². The molecule has 0 amide bonds. The van der Waals surface area contributed by atoms with E-state index < -0.39 is 0 Å². The van der Waals surface area contributed by atoms with Crippen LogP contribution in [0.25, 0.3) is 32.8 Å². The topological polar surface area (TPSA) is 26.0 Å². The van der Waals surface area contributed by atoms with Crippen LogP contribution in [0, 0.1) is 0 Å². The molecule has 2 aromatic carbocycles. The Balaban J connectivity index is 2.38. The van der Waals surface area contributed by atoms with Crippen LogP contribution >= 0.6 is 11.6 Å². The monoisotopic (exact) mass is 253 g/mol. The Labute approximate surface area is 108 Å². The summed E-state index contributed by atoms with van der Waals surface area (Å²) in [6, 6.07) is 15.7. The molecule has 86 valence electrons. The van der Waals surface area contributed by atoms with Crippen LogP contribution in [-0.2, 0) is 0 Å². The van der Waals surface area contributed by atoms with Gasteiger partial charge in [0.25, 0.3) is 0 Å². The SMILES string of the molecule is Clc1nc2ccccc2c2oc3ccccc3c12. The van der Waals surface area contributed by atoms with Gasteiger partial charge in [-0.15, -0.1) is 0 Å². The van der Waals surface area contributed by atoms with Crippen molar-refractivity contribution in [2.24, 2.45) is 0 Å². The summed E-state index contributed by atoms with van der Waals surface area (Å²) in [7, 11) is 0. The van der Waals surface area contributed by atoms with Crippen molar-refractivity contribution < 1.29 is 4.42 Å². The molecule has 0 saturated heterocycles. The lowest BCUT2D eigenvalue weighted by atomic mass is 10.1. The molecule has 0 N–H and O–H groups in total. The molecule has 0 unspecified atom stereocenters. The molecule has 2 nitrogen and oxygen atoms in total. The molecule has 0 aliphatic rings. The number of benzene rings is 2. The van der Waals surface area contributed by atoms with Gasteiger partial charge in [-0.25, -0.2) is 4.98 Å². The van der Waals surface area contributed by atoms with E-state index >= 15 is 0 Å². The van der Waals surface area contributed by atoms with E-state index in [0.717, 1.165) is 32.8 Å². The zero-order valence-electron chi connectivity index (χ0n) is 9.35. The largest absolute Gasteiger partial charge is 0.455 e. The molecule has 0 atom stereocenters. The number of hydrogen-bond acceptors (Lipinski definition) is 2. The van der Waals surface area contributed by atoms with Crippen molar-refractivity contribution in [2.75, 3.05) is 0 Å². The summed E-state index contributed by atoms with van der Waals surface area (Å²) < 4.78 is 5.92. The number of aromatic nitrogens is 1. The van der Waals surface area contributed by atoms with Crippen LogP contribution in [0.3, 0.4) is 0 Å². The summed E-state index contributed by atoms with van der Waals surface area (Å²) >= 11 is 6.29. The number of para-hydroxylation sites is 2. The second-order valence-corrected chi connectivity index (χ2v) is 4.58. The van der Waals surface area contributed by atoms with E-state index in [1.807, 2.05) is 48.5 Å². The predicted octanol–water partition coefficient (Wildman–Crippen LogP) is 4.79. The first-order valence-electron chi connectivity index (χ1n) is 5.70. The van der Waals surface area contributed by atoms with Gasteiger partial charge in [-0.2, -0.15) is 0 Å². The van der Waals surface area contributed by atoms with Crippen molar-refractivity contribution in [1.29, 1.82) is 0 Å². The second-order valence-electron chi connectivity index (χ2n) is 4.22. The highest BCUT2D eigenvalue weighted by molar-refractivity contribution is 6.38. The number of furan rings is 1. The Morgan fingerprint density at radius 2 is 1.61 bits per heavy atom. The third kappa shape index (κ3) is 1.21. The van der Waals surface area contributed by atoms with Gasteiger partial charge in [0.05, 0.1) is 10.9 Å². The maximum absolute atomic E-state index is 6.29. The highest BCUT2D eigenvalue weighted by Crippen LogP contribution is 2.36. The minimum atomic E-state index is 0.494. The summed E-state index contributed by atoms with van der Waals surface area (Å²) in [5, 5.41) is 3.39. The summed E-state index contributed by atoms with van der Waals surface area (Å²) in [4.78, 5) is 4.43. The molecule has 0 radical (unpaired) electrons. The quantitative estimate of drug-likeness (QED) is 0.421. The van der Waals surface area contributed by atoms with E-state index in [4.69, 9.17) is 16.0 Å². The number of pyridine rings is 1. The second kappa shape index (κ2) is 3.47. The third-order valence-electron chi connectivity index (χ3n) is 3.17. The van der Waals surface area contributed by atoms with E-state index in [9.17, 15) is 0 Å². The lowest BCUT2D eigenvalue weighted by molar-refractivity contribution is 0.672. The van der Waals surface area contributed by atoms with Crippen molar-refractivity contribution in [3.05, 3.63) is 53.7 Å². The van der Waals surface area contributed by atoms with E-state index in [2.05, 4.69) is 4.98 Å². The Morgan fingerprint density at radius 3 is 2.50 bits per heavy atom. The minimum absolute atomic E-state index is 0.494. The van der Waals surface area contributed by atoms with E-state index in [1.54, 1.807) is 0 Å². The number of fused-ring (bicyclic) bond motifs is 5. The van der Waals surface area contributed by atoms with Crippen LogP contribution in [0.2, 0.25) is 5.15 Å². The Bertz CT molecular complexity index is 895. The fourth-order valence-electron chi connectivity index (χ4n) is 2.36. The van der Waals surface area contributed by atoms with Gasteiger partial charge in [0, 0.05) is 10.8 Å². The molecule has 2 aromatic heterocycles. The van der Waals surface area contributed by atoms with Gasteiger partial charge in [0.15, 0.2) is 0 Å². The van der Waals surface area contributed by atoms with E-state index in [-0.39, 0.29) is 0 Å². The fourth-order valence-corrected chi connectivity index (χ4v) is 2.64. The summed E-state index contributed by atoms with van der Waals surface area (Å²) in [5.74, 6) is 0. The highest BCUT2D eigenvalue weighted by atomic mass is 35.5. The average molecular weight is 254 g/mol. The van der Waals surface area contributed by atoms with Gasteiger partial charge in [-0.1, -0.05) is 41.9 Å². The summed E-state index contributed by atoms with van der Waals surface area (Å²) in [5.41, 5.74) is 2.51. The first-order valence-corrected chi connectivity index (χ1v) is 6.08. The fraction of sp³-hybridized carbons (Fsp3) is 0. The average Bonchev–Trinajstić information content (AvgIpc) is 2.79. The van der Waals surface area contributed by atoms with Gasteiger partial charge in [0.2, 0.25) is 0 Å². The van der Waals surface area contributed by atoms with Crippen LogP contribution < -0.4 is 0 Å². The van der Waals surface area contributed by atoms with Crippen LogP contribution in [0.5, 0.6) is 0 Å². The van der Waals surface area contributed by atoms with Gasteiger partial charge >= 0.3 is 0 Å². The molecule has 0 fully saturated rings. The number of hydrogen-bond donors (Lipinski definition) is 0. The molecule has 3 heteroatoms. The maximum Gasteiger partial charge on any atom is 0.147 e. The molecule has 0 aliphatic heterocycles. The number of nitrogens with zero attached hydrogens (tertiary/aromatic N) is 1. The first-order chi connectivity index (χ1) is 8.84. The Hall–Kier alpha value is -2.06. The van der Waals surface area contributed by atoms with Crippen molar-refractivity contribution in [3.8, 4) is 0 Å². The van der Waals surface area contributed by atoms with Gasteiger partial charge in [-0.05, 0) is 18.2 Å². The van der Waals surface area contributed by atoms with Crippen molar-refractivity contribution >= 4 is 44.4 Å². The number of halogens is 1. The molecule has 18 heavy (non-hydrogen) atoms. The minimum Gasteiger partial charge on any atom is -0.455 e. The molecule has 0 spiro atoms. The standard InChI is InChI=1S/C15H8ClNO/c16-15-13-10-6-2-4-8-12(10)18-14(13)9-5-1-3-7-11(9)17-15/h1-8H.